The zero-order chi connectivity index (χ0) is 16.5. The zero-order valence-corrected chi connectivity index (χ0v) is 18.1. The maximum absolute atomic E-state index is 5.35. The Morgan fingerprint density at radius 3 is 1.61 bits per heavy atom. The lowest BCUT2D eigenvalue weighted by Crippen LogP contribution is -2.24. The highest BCUT2D eigenvalue weighted by molar-refractivity contribution is 6.44. The van der Waals surface area contributed by atoms with E-state index in [9.17, 15) is 0 Å². The predicted molar refractivity (Wildman–Crippen MR) is 107 cm³/mol. The Hall–Kier alpha value is 0.387. The van der Waals surface area contributed by atoms with E-state index in [-0.39, 0.29) is 12.4 Å². The SMILES string of the molecule is CCCCCCCCCCCCN(C)CCC[SiH](OC)OC.Cl. The second-order valence-electron chi connectivity index (χ2n) is 6.53. The minimum Gasteiger partial charge on any atom is -0.400 e. The van der Waals surface area contributed by atoms with Crippen LogP contribution in [0.2, 0.25) is 6.04 Å². The molecule has 0 bridgehead atoms. The van der Waals surface area contributed by atoms with Gasteiger partial charge in [-0.2, -0.15) is 0 Å². The van der Waals surface area contributed by atoms with E-state index in [1.165, 1.54) is 83.7 Å². The summed E-state index contributed by atoms with van der Waals surface area (Å²) in [7, 11) is 4.45. The van der Waals surface area contributed by atoms with Crippen molar-refractivity contribution < 1.29 is 8.85 Å². The highest BCUT2D eigenvalue weighted by atomic mass is 35.5. The van der Waals surface area contributed by atoms with Crippen molar-refractivity contribution in [2.45, 2.75) is 83.6 Å². The molecule has 0 aliphatic rings. The lowest BCUT2D eigenvalue weighted by Gasteiger charge is -2.17. The third-order valence-electron chi connectivity index (χ3n) is 4.40. The summed E-state index contributed by atoms with van der Waals surface area (Å²) in [6, 6.07) is 1.12. The average Bonchev–Trinajstić information content (AvgIpc) is 2.53. The lowest BCUT2D eigenvalue weighted by atomic mass is 10.1. The first kappa shape index (κ1) is 25.6. The molecule has 0 aromatic rings. The number of unbranched alkanes of at least 4 members (excludes halogenated alkanes) is 9. The van der Waals surface area contributed by atoms with E-state index in [0.29, 0.717) is 0 Å². The molecule has 0 atom stereocenters. The Balaban J connectivity index is 0. The summed E-state index contributed by atoms with van der Waals surface area (Å²) in [5.41, 5.74) is 0. The first-order valence-electron chi connectivity index (χ1n) is 9.48. The van der Waals surface area contributed by atoms with Crippen molar-refractivity contribution in [1.29, 1.82) is 0 Å². The molecule has 0 heterocycles. The van der Waals surface area contributed by atoms with Gasteiger partial charge in [0.1, 0.15) is 0 Å². The molecule has 0 rings (SSSR count). The fraction of sp³-hybridized carbons (Fsp3) is 1.00. The number of nitrogens with zero attached hydrogens (tertiary/aromatic N) is 1. The van der Waals surface area contributed by atoms with Gasteiger partial charge >= 0.3 is 9.28 Å². The fourth-order valence-corrected chi connectivity index (χ4v) is 4.02. The van der Waals surface area contributed by atoms with Gasteiger partial charge in [0.25, 0.3) is 0 Å². The third kappa shape index (κ3) is 18.6. The molecule has 0 N–H and O–H groups in total. The summed E-state index contributed by atoms with van der Waals surface area (Å²) < 4.78 is 10.7. The van der Waals surface area contributed by atoms with Gasteiger partial charge in [0.2, 0.25) is 0 Å². The predicted octanol–water partition coefficient (Wildman–Crippen LogP) is 5.16. The number of hydrogen-bond donors (Lipinski definition) is 0. The first-order valence-corrected chi connectivity index (χ1v) is 11.2. The topological polar surface area (TPSA) is 21.7 Å². The highest BCUT2D eigenvalue weighted by Crippen LogP contribution is 2.10. The second kappa shape index (κ2) is 20.4. The van der Waals surface area contributed by atoms with Crippen molar-refractivity contribution in [3.05, 3.63) is 0 Å². The molecular weight excluding hydrogens is 326 g/mol. The first-order chi connectivity index (χ1) is 10.7. The smallest absolute Gasteiger partial charge is 0.320 e. The van der Waals surface area contributed by atoms with Gasteiger partial charge in [-0.05, 0) is 39.0 Å². The van der Waals surface area contributed by atoms with Gasteiger partial charge in [-0.25, -0.2) is 0 Å². The van der Waals surface area contributed by atoms with Gasteiger partial charge < -0.3 is 13.8 Å². The largest absolute Gasteiger partial charge is 0.400 e. The van der Waals surface area contributed by atoms with Crippen LogP contribution >= 0.6 is 12.4 Å². The van der Waals surface area contributed by atoms with Crippen molar-refractivity contribution >= 4 is 21.7 Å². The quantitative estimate of drug-likeness (QED) is 0.261. The van der Waals surface area contributed by atoms with E-state index in [1.807, 2.05) is 0 Å². The molecule has 0 saturated heterocycles. The monoisotopic (exact) mass is 367 g/mol. The minimum absolute atomic E-state index is 0. The van der Waals surface area contributed by atoms with Crippen molar-refractivity contribution in [3.8, 4) is 0 Å². The van der Waals surface area contributed by atoms with Crippen LogP contribution in [0.4, 0.5) is 0 Å². The van der Waals surface area contributed by atoms with Gasteiger partial charge in [0, 0.05) is 14.2 Å². The molecule has 5 heteroatoms. The maximum Gasteiger partial charge on any atom is 0.320 e. The van der Waals surface area contributed by atoms with Crippen LogP contribution in [0.5, 0.6) is 0 Å². The normalized spacial score (nSPS) is 11.2. The van der Waals surface area contributed by atoms with E-state index in [4.69, 9.17) is 8.85 Å². The summed E-state index contributed by atoms with van der Waals surface area (Å²) in [6.45, 7) is 4.70. The highest BCUT2D eigenvalue weighted by Gasteiger charge is 2.09. The molecule has 0 radical (unpaired) electrons. The summed E-state index contributed by atoms with van der Waals surface area (Å²) in [4.78, 5) is 2.46. The van der Waals surface area contributed by atoms with Gasteiger partial charge in [-0.15, -0.1) is 12.4 Å². The van der Waals surface area contributed by atoms with Crippen molar-refractivity contribution in [2.75, 3.05) is 34.4 Å². The lowest BCUT2D eigenvalue weighted by molar-refractivity contribution is 0.270. The van der Waals surface area contributed by atoms with Gasteiger partial charge in [-0.3, -0.25) is 0 Å². The van der Waals surface area contributed by atoms with E-state index in [0.717, 1.165) is 6.04 Å². The number of halogens is 1. The van der Waals surface area contributed by atoms with E-state index < -0.39 is 9.28 Å². The summed E-state index contributed by atoms with van der Waals surface area (Å²) in [5.74, 6) is 0. The maximum atomic E-state index is 5.35. The fourth-order valence-electron chi connectivity index (χ4n) is 2.84. The number of hydrogen-bond acceptors (Lipinski definition) is 3. The van der Waals surface area contributed by atoms with Crippen molar-refractivity contribution in [1.82, 2.24) is 4.90 Å². The number of rotatable bonds is 17. The summed E-state index contributed by atoms with van der Waals surface area (Å²) in [5, 5.41) is 0. The van der Waals surface area contributed by atoms with Crippen LogP contribution in [0.15, 0.2) is 0 Å². The van der Waals surface area contributed by atoms with Crippen LogP contribution in [0.1, 0.15) is 77.6 Å². The molecule has 0 aromatic heterocycles. The van der Waals surface area contributed by atoms with Crippen LogP contribution in [-0.2, 0) is 8.85 Å². The molecule has 0 saturated carbocycles. The second-order valence-corrected chi connectivity index (χ2v) is 8.91. The Kier molecular flexibility index (Phi) is 22.8. The standard InChI is InChI=1S/C18H41NO2Si.ClH/c1-5-6-7-8-9-10-11-12-13-14-16-19(2)17-15-18-22(20-3)21-4;/h22H,5-18H2,1-4H3;1H. The van der Waals surface area contributed by atoms with Crippen molar-refractivity contribution in [2.24, 2.45) is 0 Å². The average molecular weight is 368 g/mol. The van der Waals surface area contributed by atoms with Crippen LogP contribution in [-0.4, -0.2) is 48.5 Å². The molecular formula is C18H42ClNO2Si. The summed E-state index contributed by atoms with van der Waals surface area (Å²) in [6.07, 6.45) is 15.4. The van der Waals surface area contributed by atoms with Crippen molar-refractivity contribution in [3.63, 3.8) is 0 Å². The Morgan fingerprint density at radius 1 is 0.696 bits per heavy atom. The van der Waals surface area contributed by atoms with Crippen LogP contribution in [0, 0.1) is 0 Å². The van der Waals surface area contributed by atoms with E-state index in [1.54, 1.807) is 14.2 Å². The molecule has 0 fully saturated rings. The minimum atomic E-state index is -1.34. The summed E-state index contributed by atoms with van der Waals surface area (Å²) >= 11 is 0. The Bertz CT molecular complexity index is 219. The molecule has 0 amide bonds. The Morgan fingerprint density at radius 2 is 1.13 bits per heavy atom. The van der Waals surface area contributed by atoms with Crippen LogP contribution in [0.3, 0.4) is 0 Å². The van der Waals surface area contributed by atoms with Crippen LogP contribution < -0.4 is 0 Å². The molecule has 0 aliphatic carbocycles. The van der Waals surface area contributed by atoms with E-state index >= 15 is 0 Å². The van der Waals surface area contributed by atoms with Gasteiger partial charge in [0.05, 0.1) is 0 Å². The van der Waals surface area contributed by atoms with E-state index in [2.05, 4.69) is 18.9 Å². The Labute approximate surface area is 153 Å². The molecule has 0 aromatic carbocycles. The third-order valence-corrected chi connectivity index (χ3v) is 6.33. The molecule has 0 unspecified atom stereocenters. The molecule has 0 spiro atoms. The van der Waals surface area contributed by atoms with Gasteiger partial charge in [0.15, 0.2) is 0 Å². The zero-order valence-electron chi connectivity index (χ0n) is 16.1. The molecule has 23 heavy (non-hydrogen) atoms. The molecule has 0 aliphatic heterocycles. The molecule has 142 valence electrons. The molecule has 3 nitrogen and oxygen atoms in total. The van der Waals surface area contributed by atoms with Gasteiger partial charge in [-0.1, -0.05) is 64.7 Å². The van der Waals surface area contributed by atoms with Crippen LogP contribution in [0.25, 0.3) is 0 Å².